The lowest BCUT2D eigenvalue weighted by molar-refractivity contribution is 0.0949. The van der Waals surface area contributed by atoms with Gasteiger partial charge in [0.1, 0.15) is 0 Å². The molecule has 0 radical (unpaired) electrons. The van der Waals surface area contributed by atoms with Gasteiger partial charge in [-0.15, -0.1) is 24.0 Å². The van der Waals surface area contributed by atoms with E-state index in [-0.39, 0.29) is 42.0 Å². The number of guanidine groups is 1. The maximum atomic E-state index is 12.2. The maximum Gasteiger partial charge on any atom is 0.409 e. The van der Waals surface area contributed by atoms with Gasteiger partial charge in [-0.1, -0.05) is 19.1 Å². The Balaban J connectivity index is 0.00000480. The summed E-state index contributed by atoms with van der Waals surface area (Å²) in [7, 11) is 0. The molecule has 1 fully saturated rings. The molecule has 31 heavy (non-hydrogen) atoms. The number of hydrogen-bond acceptors (Lipinski definition) is 4. The number of halogens is 1. The number of ether oxygens (including phenoxy) is 1. The molecule has 2 rings (SSSR count). The van der Waals surface area contributed by atoms with Crippen LogP contribution in [0.5, 0.6) is 0 Å². The third-order valence-electron chi connectivity index (χ3n) is 4.85. The highest BCUT2D eigenvalue weighted by Crippen LogP contribution is 2.12. The number of aliphatic imine (C=N–C) groups is 1. The first-order valence-electron chi connectivity index (χ1n) is 10.9. The summed E-state index contributed by atoms with van der Waals surface area (Å²) < 4.78 is 5.07. The predicted molar refractivity (Wildman–Crippen MR) is 134 cm³/mol. The third kappa shape index (κ3) is 9.32. The van der Waals surface area contributed by atoms with Crippen LogP contribution in [-0.4, -0.2) is 61.7 Å². The molecule has 3 N–H and O–H groups in total. The Kier molecular flexibility index (Phi) is 13.0. The number of carbonyl (C=O) groups is 2. The van der Waals surface area contributed by atoms with Gasteiger partial charge in [-0.25, -0.2) is 9.79 Å². The third-order valence-corrected chi connectivity index (χ3v) is 4.85. The zero-order valence-corrected chi connectivity index (χ0v) is 21.1. The van der Waals surface area contributed by atoms with Crippen molar-refractivity contribution in [2.45, 2.75) is 52.6 Å². The van der Waals surface area contributed by atoms with Crippen molar-refractivity contribution < 1.29 is 14.3 Å². The van der Waals surface area contributed by atoms with E-state index in [2.05, 4.69) is 20.9 Å². The van der Waals surface area contributed by atoms with Gasteiger partial charge >= 0.3 is 6.09 Å². The average molecular weight is 545 g/mol. The van der Waals surface area contributed by atoms with Gasteiger partial charge in [-0.3, -0.25) is 4.79 Å². The highest BCUT2D eigenvalue weighted by molar-refractivity contribution is 14.0. The van der Waals surface area contributed by atoms with Gasteiger partial charge in [0.2, 0.25) is 0 Å². The summed E-state index contributed by atoms with van der Waals surface area (Å²) in [6.45, 7) is 9.52. The lowest BCUT2D eigenvalue weighted by Crippen LogP contribution is -2.49. The number of likely N-dealkylation sites (tertiary alicyclic amines) is 1. The summed E-state index contributed by atoms with van der Waals surface area (Å²) in [5.74, 6) is 0.689. The zero-order valence-electron chi connectivity index (χ0n) is 18.8. The summed E-state index contributed by atoms with van der Waals surface area (Å²) in [5, 5.41) is 9.64. The molecule has 1 aromatic rings. The number of nitrogens with one attached hydrogen (secondary N) is 3. The molecule has 8 nitrogen and oxygen atoms in total. The molecule has 174 valence electrons. The van der Waals surface area contributed by atoms with E-state index < -0.39 is 0 Å². The fraction of sp³-hybridized carbons (Fsp3) is 0.591. The molecular weight excluding hydrogens is 509 g/mol. The van der Waals surface area contributed by atoms with Crippen LogP contribution in [0.3, 0.4) is 0 Å². The van der Waals surface area contributed by atoms with Crippen LogP contribution in [0.25, 0.3) is 0 Å². The average Bonchev–Trinajstić information content (AvgIpc) is 2.77. The smallest absolute Gasteiger partial charge is 0.409 e. The van der Waals surface area contributed by atoms with Crippen molar-refractivity contribution in [2.75, 3.05) is 32.8 Å². The minimum absolute atomic E-state index is 0. The molecule has 9 heteroatoms. The molecule has 0 saturated carbocycles. The van der Waals surface area contributed by atoms with Crippen LogP contribution in [0, 0.1) is 0 Å². The van der Waals surface area contributed by atoms with Crippen LogP contribution in [0.2, 0.25) is 0 Å². The normalized spacial score (nSPS) is 14.4. The Morgan fingerprint density at radius 2 is 1.90 bits per heavy atom. The summed E-state index contributed by atoms with van der Waals surface area (Å²) in [6.07, 6.45) is 2.36. The first-order chi connectivity index (χ1) is 14.6. The van der Waals surface area contributed by atoms with Crippen LogP contribution >= 0.6 is 24.0 Å². The minimum Gasteiger partial charge on any atom is -0.450 e. The lowest BCUT2D eigenvalue weighted by atomic mass is 10.1. The monoisotopic (exact) mass is 545 g/mol. The van der Waals surface area contributed by atoms with Crippen molar-refractivity contribution >= 4 is 41.9 Å². The molecule has 0 bridgehead atoms. The highest BCUT2D eigenvalue weighted by atomic mass is 127. The Morgan fingerprint density at radius 3 is 2.55 bits per heavy atom. The molecule has 1 saturated heterocycles. The molecular formula is C22H36IN5O3. The number of nitrogens with zero attached hydrogens (tertiary/aromatic N) is 2. The summed E-state index contributed by atoms with van der Waals surface area (Å²) in [6, 6.07) is 7.81. The van der Waals surface area contributed by atoms with Crippen molar-refractivity contribution in [1.29, 1.82) is 0 Å². The first kappa shape index (κ1) is 27.0. The minimum atomic E-state index is -0.237. The standard InChI is InChI=1S/C22H35N5O3.HI/c1-4-12-24-20(28)18-9-7-8-17(15-18)16-25-21(23-5-2)26-19-10-13-27(14-11-19)22(29)30-6-3;/h7-9,15,19H,4-6,10-14,16H2,1-3H3,(H,24,28)(H2,23,25,26);1H. The van der Waals surface area contributed by atoms with Gasteiger partial charge in [-0.2, -0.15) is 0 Å². The largest absolute Gasteiger partial charge is 0.450 e. The van der Waals surface area contributed by atoms with E-state index in [4.69, 9.17) is 4.74 Å². The van der Waals surface area contributed by atoms with Crippen molar-refractivity contribution in [3.8, 4) is 0 Å². The van der Waals surface area contributed by atoms with Crippen molar-refractivity contribution in [3.63, 3.8) is 0 Å². The molecule has 0 unspecified atom stereocenters. The number of hydrogen-bond donors (Lipinski definition) is 3. The Hall–Kier alpha value is -2.04. The van der Waals surface area contributed by atoms with Crippen LogP contribution in [0.15, 0.2) is 29.3 Å². The molecule has 1 heterocycles. The van der Waals surface area contributed by atoms with Crippen molar-refractivity contribution in [2.24, 2.45) is 4.99 Å². The summed E-state index contributed by atoms with van der Waals surface area (Å²) in [5.41, 5.74) is 1.63. The second-order valence-electron chi connectivity index (χ2n) is 7.26. The summed E-state index contributed by atoms with van der Waals surface area (Å²) >= 11 is 0. The van der Waals surface area contributed by atoms with Gasteiger partial charge in [0.15, 0.2) is 5.96 Å². The quantitative estimate of drug-likeness (QED) is 0.265. The molecule has 1 aliphatic rings. The molecule has 0 atom stereocenters. The van der Waals surface area contributed by atoms with E-state index in [1.54, 1.807) is 4.90 Å². The number of piperidine rings is 1. The van der Waals surface area contributed by atoms with E-state index in [1.165, 1.54) is 0 Å². The van der Waals surface area contributed by atoms with Gasteiger partial charge in [-0.05, 0) is 50.8 Å². The zero-order chi connectivity index (χ0) is 21.8. The van der Waals surface area contributed by atoms with E-state index in [0.717, 1.165) is 37.3 Å². The van der Waals surface area contributed by atoms with Crippen LogP contribution in [0.4, 0.5) is 4.79 Å². The Bertz CT molecular complexity index is 721. The molecule has 0 aromatic heterocycles. The Morgan fingerprint density at radius 1 is 1.16 bits per heavy atom. The number of carbonyl (C=O) groups excluding carboxylic acids is 2. The molecule has 1 aromatic carbocycles. The second-order valence-corrected chi connectivity index (χ2v) is 7.26. The van der Waals surface area contributed by atoms with Gasteiger partial charge in [0.25, 0.3) is 5.91 Å². The molecule has 1 aliphatic heterocycles. The van der Waals surface area contributed by atoms with E-state index in [9.17, 15) is 9.59 Å². The van der Waals surface area contributed by atoms with E-state index >= 15 is 0 Å². The first-order valence-corrected chi connectivity index (χ1v) is 10.9. The molecule has 0 aliphatic carbocycles. The van der Waals surface area contributed by atoms with Crippen LogP contribution in [0.1, 0.15) is 56.0 Å². The van der Waals surface area contributed by atoms with Crippen LogP contribution < -0.4 is 16.0 Å². The summed E-state index contributed by atoms with van der Waals surface area (Å²) in [4.78, 5) is 30.4. The van der Waals surface area contributed by atoms with Crippen molar-refractivity contribution in [3.05, 3.63) is 35.4 Å². The second kappa shape index (κ2) is 14.9. The fourth-order valence-electron chi connectivity index (χ4n) is 3.26. The molecule has 2 amide bonds. The van der Waals surface area contributed by atoms with Crippen molar-refractivity contribution in [1.82, 2.24) is 20.9 Å². The molecule has 0 spiro atoms. The van der Waals surface area contributed by atoms with E-state index in [1.807, 2.05) is 45.0 Å². The number of amides is 2. The Labute approximate surface area is 202 Å². The van der Waals surface area contributed by atoms with Gasteiger partial charge in [0, 0.05) is 37.8 Å². The number of benzene rings is 1. The fourth-order valence-corrected chi connectivity index (χ4v) is 3.26. The van der Waals surface area contributed by atoms with Gasteiger partial charge in [0.05, 0.1) is 13.2 Å². The lowest BCUT2D eigenvalue weighted by Gasteiger charge is -2.32. The van der Waals surface area contributed by atoms with E-state index in [0.29, 0.717) is 38.3 Å². The van der Waals surface area contributed by atoms with Crippen LogP contribution in [-0.2, 0) is 11.3 Å². The maximum absolute atomic E-state index is 12.2. The topological polar surface area (TPSA) is 95.1 Å². The SMILES string of the molecule is CCCNC(=O)c1cccc(CN=C(NCC)NC2CCN(C(=O)OCC)CC2)c1.I. The number of rotatable bonds is 8. The van der Waals surface area contributed by atoms with Gasteiger partial charge < -0.3 is 25.6 Å². The highest BCUT2D eigenvalue weighted by Gasteiger charge is 2.24. The predicted octanol–water partition coefficient (Wildman–Crippen LogP) is 3.12.